The first kappa shape index (κ1) is 13.6. The van der Waals surface area contributed by atoms with Crippen LogP contribution in [-0.2, 0) is 0 Å². The highest BCUT2D eigenvalue weighted by molar-refractivity contribution is 5.74. The van der Waals surface area contributed by atoms with Crippen molar-refractivity contribution in [2.45, 2.75) is 25.8 Å². The number of benzene rings is 1. The molecule has 1 aliphatic rings. The van der Waals surface area contributed by atoms with E-state index >= 15 is 0 Å². The standard InChI is InChI=1S/C14H20FN3O/c1-10-8-11(15)5-6-13(10)18-7-3-4-12(9-18)17-14(19)16-2/h5-6,8,12H,3-4,7,9H2,1-2H3,(H2,16,17,19). The molecule has 1 saturated heterocycles. The summed E-state index contributed by atoms with van der Waals surface area (Å²) >= 11 is 0. The molecule has 1 atom stereocenters. The van der Waals surface area contributed by atoms with E-state index in [4.69, 9.17) is 0 Å². The van der Waals surface area contributed by atoms with E-state index in [1.54, 1.807) is 13.1 Å². The second kappa shape index (κ2) is 5.91. The normalized spacial score (nSPS) is 19.1. The quantitative estimate of drug-likeness (QED) is 0.859. The van der Waals surface area contributed by atoms with Gasteiger partial charge in [-0.15, -0.1) is 0 Å². The lowest BCUT2D eigenvalue weighted by atomic mass is 10.0. The molecule has 1 aliphatic heterocycles. The average molecular weight is 265 g/mol. The van der Waals surface area contributed by atoms with Gasteiger partial charge in [0.25, 0.3) is 0 Å². The molecule has 0 radical (unpaired) electrons. The highest BCUT2D eigenvalue weighted by Crippen LogP contribution is 2.24. The van der Waals surface area contributed by atoms with Crippen molar-refractivity contribution in [3.8, 4) is 0 Å². The number of nitrogens with one attached hydrogen (secondary N) is 2. The van der Waals surface area contributed by atoms with E-state index < -0.39 is 0 Å². The van der Waals surface area contributed by atoms with Crippen LogP contribution in [0.4, 0.5) is 14.9 Å². The number of carbonyl (C=O) groups excluding carboxylic acids is 1. The molecule has 1 heterocycles. The number of aryl methyl sites for hydroxylation is 1. The van der Waals surface area contributed by atoms with Crippen LogP contribution in [0.1, 0.15) is 18.4 Å². The summed E-state index contributed by atoms with van der Waals surface area (Å²) in [5, 5.41) is 5.50. The molecule has 5 heteroatoms. The number of piperidine rings is 1. The molecule has 0 aromatic heterocycles. The van der Waals surface area contributed by atoms with Crippen LogP contribution in [0.2, 0.25) is 0 Å². The number of urea groups is 1. The predicted molar refractivity (Wildman–Crippen MR) is 74.0 cm³/mol. The minimum absolute atomic E-state index is 0.137. The lowest BCUT2D eigenvalue weighted by molar-refractivity contribution is 0.237. The number of carbonyl (C=O) groups is 1. The zero-order valence-corrected chi connectivity index (χ0v) is 11.4. The Hall–Kier alpha value is -1.78. The fourth-order valence-corrected chi connectivity index (χ4v) is 2.55. The van der Waals surface area contributed by atoms with Gasteiger partial charge in [0.15, 0.2) is 0 Å². The van der Waals surface area contributed by atoms with Crippen LogP contribution in [0, 0.1) is 12.7 Å². The molecule has 2 rings (SSSR count). The van der Waals surface area contributed by atoms with Crippen LogP contribution in [-0.4, -0.2) is 32.2 Å². The molecule has 1 aromatic rings. The summed E-state index contributed by atoms with van der Waals surface area (Å²) in [5.74, 6) is -0.210. The van der Waals surface area contributed by atoms with Crippen molar-refractivity contribution in [1.29, 1.82) is 0 Å². The molecule has 104 valence electrons. The van der Waals surface area contributed by atoms with Crippen LogP contribution >= 0.6 is 0 Å². The van der Waals surface area contributed by atoms with Gasteiger partial charge in [0, 0.05) is 31.9 Å². The van der Waals surface area contributed by atoms with Crippen molar-refractivity contribution in [2.75, 3.05) is 25.0 Å². The van der Waals surface area contributed by atoms with Gasteiger partial charge in [-0.05, 0) is 43.5 Å². The third-order valence-corrected chi connectivity index (χ3v) is 3.48. The van der Waals surface area contributed by atoms with Crippen molar-refractivity contribution in [3.63, 3.8) is 0 Å². The average Bonchev–Trinajstić information content (AvgIpc) is 2.39. The predicted octanol–water partition coefficient (Wildman–Crippen LogP) is 2.03. The number of anilines is 1. The Morgan fingerprint density at radius 1 is 1.47 bits per heavy atom. The molecule has 0 aliphatic carbocycles. The second-order valence-corrected chi connectivity index (χ2v) is 4.94. The van der Waals surface area contributed by atoms with Gasteiger partial charge in [0.2, 0.25) is 0 Å². The summed E-state index contributed by atoms with van der Waals surface area (Å²) < 4.78 is 13.1. The van der Waals surface area contributed by atoms with Crippen LogP contribution in [0.5, 0.6) is 0 Å². The molecule has 2 N–H and O–H groups in total. The topological polar surface area (TPSA) is 44.4 Å². The Labute approximate surface area is 113 Å². The van der Waals surface area contributed by atoms with Crippen LogP contribution < -0.4 is 15.5 Å². The minimum atomic E-state index is -0.210. The molecule has 0 bridgehead atoms. The number of amides is 2. The molecule has 19 heavy (non-hydrogen) atoms. The van der Waals surface area contributed by atoms with Gasteiger partial charge < -0.3 is 15.5 Å². The third kappa shape index (κ3) is 3.36. The zero-order valence-electron chi connectivity index (χ0n) is 11.4. The summed E-state index contributed by atoms with van der Waals surface area (Å²) in [5.41, 5.74) is 1.98. The van der Waals surface area contributed by atoms with Gasteiger partial charge in [-0.3, -0.25) is 0 Å². The van der Waals surface area contributed by atoms with Crippen molar-refractivity contribution in [2.24, 2.45) is 0 Å². The second-order valence-electron chi connectivity index (χ2n) is 4.94. The molecular weight excluding hydrogens is 245 g/mol. The smallest absolute Gasteiger partial charge is 0.314 e. The molecule has 0 spiro atoms. The maximum absolute atomic E-state index is 13.1. The number of rotatable bonds is 2. The first-order chi connectivity index (χ1) is 9.10. The van der Waals surface area contributed by atoms with E-state index in [0.717, 1.165) is 37.2 Å². The summed E-state index contributed by atoms with van der Waals surface area (Å²) in [7, 11) is 1.61. The van der Waals surface area contributed by atoms with Gasteiger partial charge in [-0.1, -0.05) is 0 Å². The molecule has 1 unspecified atom stereocenters. The van der Waals surface area contributed by atoms with Gasteiger partial charge in [-0.25, -0.2) is 9.18 Å². The Bertz CT molecular complexity index is 464. The Kier molecular flexibility index (Phi) is 4.24. The fourth-order valence-electron chi connectivity index (χ4n) is 2.55. The lowest BCUT2D eigenvalue weighted by Crippen LogP contribution is -2.50. The summed E-state index contributed by atoms with van der Waals surface area (Å²) in [4.78, 5) is 13.6. The van der Waals surface area contributed by atoms with Crippen LogP contribution in [0.25, 0.3) is 0 Å². The van der Waals surface area contributed by atoms with E-state index in [1.807, 2.05) is 13.0 Å². The van der Waals surface area contributed by atoms with Gasteiger partial charge >= 0.3 is 6.03 Å². The van der Waals surface area contributed by atoms with Gasteiger partial charge in [0.05, 0.1) is 0 Å². The maximum atomic E-state index is 13.1. The molecular formula is C14H20FN3O. The number of nitrogens with zero attached hydrogens (tertiary/aromatic N) is 1. The molecule has 1 aromatic carbocycles. The van der Waals surface area contributed by atoms with E-state index in [2.05, 4.69) is 15.5 Å². The Morgan fingerprint density at radius 3 is 2.95 bits per heavy atom. The van der Waals surface area contributed by atoms with Gasteiger partial charge in [0.1, 0.15) is 5.82 Å². The van der Waals surface area contributed by atoms with Crippen LogP contribution in [0.15, 0.2) is 18.2 Å². The van der Waals surface area contributed by atoms with Crippen molar-refractivity contribution < 1.29 is 9.18 Å². The van der Waals surface area contributed by atoms with E-state index in [9.17, 15) is 9.18 Å². The van der Waals surface area contributed by atoms with E-state index in [0.29, 0.717) is 0 Å². The van der Waals surface area contributed by atoms with E-state index in [1.165, 1.54) is 6.07 Å². The SMILES string of the molecule is CNC(=O)NC1CCCN(c2ccc(F)cc2C)C1. The third-order valence-electron chi connectivity index (χ3n) is 3.48. The van der Waals surface area contributed by atoms with Gasteiger partial charge in [-0.2, -0.15) is 0 Å². The zero-order chi connectivity index (χ0) is 13.8. The number of halogens is 1. The largest absolute Gasteiger partial charge is 0.369 e. The minimum Gasteiger partial charge on any atom is -0.369 e. The molecule has 0 saturated carbocycles. The van der Waals surface area contributed by atoms with Crippen molar-refractivity contribution in [1.82, 2.24) is 10.6 Å². The monoisotopic (exact) mass is 265 g/mol. The fraction of sp³-hybridized carbons (Fsp3) is 0.500. The molecule has 4 nitrogen and oxygen atoms in total. The number of hydrogen-bond donors (Lipinski definition) is 2. The summed E-state index contributed by atoms with van der Waals surface area (Å²) in [6.45, 7) is 3.62. The Balaban J connectivity index is 2.06. The first-order valence-electron chi connectivity index (χ1n) is 6.59. The van der Waals surface area contributed by atoms with Crippen molar-refractivity contribution in [3.05, 3.63) is 29.6 Å². The summed E-state index contributed by atoms with van der Waals surface area (Å²) in [6, 6.07) is 4.83. The highest BCUT2D eigenvalue weighted by atomic mass is 19.1. The van der Waals surface area contributed by atoms with Crippen LogP contribution in [0.3, 0.4) is 0 Å². The number of hydrogen-bond acceptors (Lipinski definition) is 2. The molecule has 1 fully saturated rings. The van der Waals surface area contributed by atoms with E-state index in [-0.39, 0.29) is 17.9 Å². The maximum Gasteiger partial charge on any atom is 0.314 e. The lowest BCUT2D eigenvalue weighted by Gasteiger charge is -2.35. The van der Waals surface area contributed by atoms with Crippen molar-refractivity contribution >= 4 is 11.7 Å². The highest BCUT2D eigenvalue weighted by Gasteiger charge is 2.22. The summed E-state index contributed by atoms with van der Waals surface area (Å²) in [6.07, 6.45) is 2.00. The first-order valence-corrected chi connectivity index (χ1v) is 6.59. The molecule has 2 amide bonds. The Morgan fingerprint density at radius 2 is 2.26 bits per heavy atom.